The summed E-state index contributed by atoms with van der Waals surface area (Å²) in [5.41, 5.74) is 1.24. The lowest BCUT2D eigenvalue weighted by atomic mass is 9.78. The van der Waals surface area contributed by atoms with Crippen LogP contribution in [0.15, 0.2) is 42.5 Å². The minimum atomic E-state index is -0.926. The Morgan fingerprint density at radius 2 is 1.57 bits per heavy atom. The van der Waals surface area contributed by atoms with Crippen LogP contribution in [0.5, 0.6) is 11.5 Å². The summed E-state index contributed by atoms with van der Waals surface area (Å²) in [4.78, 5) is 0. The van der Waals surface area contributed by atoms with Crippen molar-refractivity contribution in [3.63, 3.8) is 0 Å². The molecule has 0 radical (unpaired) electrons. The first-order chi connectivity index (χ1) is 13.3. The molecule has 0 aliphatic rings. The largest absolute Gasteiger partial charge is 0.491 e. The number of alkyl halides is 1. The van der Waals surface area contributed by atoms with Crippen LogP contribution in [0.3, 0.4) is 0 Å². The molecule has 2 rings (SSSR count). The molecular weight excluding hydrogens is 387 g/mol. The van der Waals surface area contributed by atoms with Crippen molar-refractivity contribution in [3.8, 4) is 11.5 Å². The Kier molecular flexibility index (Phi) is 8.07. The van der Waals surface area contributed by atoms with E-state index in [1.165, 1.54) is 6.07 Å². The summed E-state index contributed by atoms with van der Waals surface area (Å²) >= 11 is 5.51. The highest BCUT2D eigenvalue weighted by molar-refractivity contribution is 6.18. The van der Waals surface area contributed by atoms with Crippen LogP contribution < -0.4 is 9.47 Å². The lowest BCUT2D eigenvalue weighted by molar-refractivity contribution is 0.0536. The molecule has 2 aromatic rings. The zero-order chi connectivity index (χ0) is 20.7. The van der Waals surface area contributed by atoms with Crippen LogP contribution in [0.1, 0.15) is 25.0 Å². The van der Waals surface area contributed by atoms with Crippen LogP contribution in [-0.2, 0) is 5.41 Å². The van der Waals surface area contributed by atoms with Gasteiger partial charge in [0.2, 0.25) is 0 Å². The second kappa shape index (κ2) is 10.1. The Labute approximate surface area is 169 Å². The molecule has 0 aromatic heterocycles. The first-order valence-electron chi connectivity index (χ1n) is 8.97. The molecule has 0 amide bonds. The molecule has 0 heterocycles. The maximum atomic E-state index is 14.4. The molecule has 0 fully saturated rings. The highest BCUT2D eigenvalue weighted by atomic mass is 35.5. The highest BCUT2D eigenvalue weighted by Gasteiger charge is 2.24. The summed E-state index contributed by atoms with van der Waals surface area (Å²) < 4.78 is 25.1. The van der Waals surface area contributed by atoms with Crippen molar-refractivity contribution in [1.29, 1.82) is 0 Å². The molecule has 0 spiro atoms. The van der Waals surface area contributed by atoms with Gasteiger partial charge < -0.3 is 24.8 Å². The predicted octanol–water partition coefficient (Wildman–Crippen LogP) is 2.86. The van der Waals surface area contributed by atoms with Crippen molar-refractivity contribution in [1.82, 2.24) is 0 Å². The molecule has 28 heavy (non-hydrogen) atoms. The van der Waals surface area contributed by atoms with Crippen LogP contribution in [0, 0.1) is 5.82 Å². The summed E-state index contributed by atoms with van der Waals surface area (Å²) in [5, 5.41) is 27.6. The van der Waals surface area contributed by atoms with Gasteiger partial charge in [-0.1, -0.05) is 32.0 Å². The fourth-order valence-electron chi connectivity index (χ4n) is 2.62. The van der Waals surface area contributed by atoms with Crippen LogP contribution >= 0.6 is 11.6 Å². The van der Waals surface area contributed by atoms with Crippen molar-refractivity contribution in [3.05, 3.63) is 59.4 Å². The topological polar surface area (TPSA) is 79.2 Å². The summed E-state index contributed by atoms with van der Waals surface area (Å²) in [6.07, 6.45) is -1.78. The summed E-state index contributed by atoms with van der Waals surface area (Å²) in [7, 11) is 0. The van der Waals surface area contributed by atoms with Gasteiger partial charge in [0.1, 0.15) is 31.2 Å². The van der Waals surface area contributed by atoms with Gasteiger partial charge in [0.15, 0.2) is 11.6 Å². The normalized spacial score (nSPS) is 13.8. The lowest BCUT2D eigenvalue weighted by Crippen LogP contribution is -2.22. The molecule has 0 aliphatic carbocycles. The van der Waals surface area contributed by atoms with Gasteiger partial charge in [0.05, 0.1) is 12.5 Å². The molecule has 3 N–H and O–H groups in total. The number of ether oxygens (including phenoxy) is 2. The zero-order valence-electron chi connectivity index (χ0n) is 15.9. The number of rotatable bonds is 10. The van der Waals surface area contributed by atoms with E-state index >= 15 is 0 Å². The summed E-state index contributed by atoms with van der Waals surface area (Å²) in [6.45, 7) is 3.52. The number of halogens is 2. The number of hydrogen-bond acceptors (Lipinski definition) is 5. The molecule has 2 atom stereocenters. The van der Waals surface area contributed by atoms with Crippen LogP contribution in [0.2, 0.25) is 0 Å². The fraction of sp³-hybridized carbons (Fsp3) is 0.429. The Morgan fingerprint density at radius 1 is 0.964 bits per heavy atom. The first-order valence-corrected chi connectivity index (χ1v) is 9.50. The van der Waals surface area contributed by atoms with E-state index in [4.69, 9.17) is 26.2 Å². The average Bonchev–Trinajstić information content (AvgIpc) is 2.70. The van der Waals surface area contributed by atoms with Gasteiger partial charge in [-0.2, -0.15) is 0 Å². The van der Waals surface area contributed by atoms with Crippen LogP contribution in [0.25, 0.3) is 0 Å². The lowest BCUT2D eigenvalue weighted by Gasteiger charge is -2.27. The maximum absolute atomic E-state index is 14.4. The minimum Gasteiger partial charge on any atom is -0.491 e. The van der Waals surface area contributed by atoms with Gasteiger partial charge in [-0.15, -0.1) is 11.6 Å². The third-order valence-corrected chi connectivity index (χ3v) is 4.85. The van der Waals surface area contributed by atoms with E-state index in [1.54, 1.807) is 24.3 Å². The Balaban J connectivity index is 2.11. The maximum Gasteiger partial charge on any atom is 0.165 e. The Morgan fingerprint density at radius 3 is 2.14 bits per heavy atom. The average molecular weight is 413 g/mol. The molecule has 0 aliphatic heterocycles. The third-order valence-electron chi connectivity index (χ3n) is 4.49. The Hall–Kier alpha value is -1.86. The summed E-state index contributed by atoms with van der Waals surface area (Å²) in [5.74, 6) is 0.144. The molecule has 0 bridgehead atoms. The van der Waals surface area contributed by atoms with Gasteiger partial charge in [-0.3, -0.25) is 0 Å². The Bertz CT molecular complexity index is 751. The number of benzene rings is 2. The van der Waals surface area contributed by atoms with Gasteiger partial charge in [-0.05, 0) is 35.4 Å². The highest BCUT2D eigenvalue weighted by Crippen LogP contribution is 2.34. The van der Waals surface area contributed by atoms with Crippen molar-refractivity contribution in [2.75, 3.05) is 25.7 Å². The van der Waals surface area contributed by atoms with E-state index < -0.39 is 23.4 Å². The van der Waals surface area contributed by atoms with E-state index in [0.717, 1.165) is 11.1 Å². The third kappa shape index (κ3) is 5.82. The second-order valence-corrected chi connectivity index (χ2v) is 7.37. The van der Waals surface area contributed by atoms with Gasteiger partial charge >= 0.3 is 0 Å². The number of hydrogen-bond donors (Lipinski definition) is 3. The van der Waals surface area contributed by atoms with E-state index in [0.29, 0.717) is 5.75 Å². The molecule has 2 aromatic carbocycles. The minimum absolute atomic E-state index is 0.00429. The van der Waals surface area contributed by atoms with E-state index in [1.807, 2.05) is 26.0 Å². The quantitative estimate of drug-likeness (QED) is 0.523. The predicted molar refractivity (Wildman–Crippen MR) is 106 cm³/mol. The smallest absolute Gasteiger partial charge is 0.165 e. The van der Waals surface area contributed by atoms with Crippen molar-refractivity contribution in [2.24, 2.45) is 0 Å². The number of aliphatic hydroxyl groups is 3. The van der Waals surface area contributed by atoms with Crippen molar-refractivity contribution >= 4 is 11.6 Å². The van der Waals surface area contributed by atoms with Crippen molar-refractivity contribution < 1.29 is 29.2 Å². The molecule has 0 saturated heterocycles. The monoisotopic (exact) mass is 412 g/mol. The van der Waals surface area contributed by atoms with E-state index in [-0.39, 0.29) is 31.5 Å². The molecular formula is C21H26ClFO5. The van der Waals surface area contributed by atoms with E-state index in [2.05, 4.69) is 0 Å². The van der Waals surface area contributed by atoms with Crippen LogP contribution in [0.4, 0.5) is 4.39 Å². The standard InChI is InChI=1S/C21H26ClFO5/c1-21(2,14-3-6-18(7-4-14)27-13-17(26)11-24)15-5-8-20(19(23)9-15)28-12-16(25)10-22/h3-9,16-17,24-26H,10-13H2,1-2H3/t16-,17-/m0/s1. The van der Waals surface area contributed by atoms with Gasteiger partial charge in [-0.25, -0.2) is 4.39 Å². The van der Waals surface area contributed by atoms with Crippen molar-refractivity contribution in [2.45, 2.75) is 31.5 Å². The molecule has 0 saturated carbocycles. The molecule has 154 valence electrons. The van der Waals surface area contributed by atoms with Gasteiger partial charge in [0, 0.05) is 5.41 Å². The SMILES string of the molecule is CC(C)(c1ccc(OC[C@@H](O)CO)cc1)c1ccc(OC[C@@H](O)CCl)c(F)c1. The fourth-order valence-corrected chi connectivity index (χ4v) is 2.71. The van der Waals surface area contributed by atoms with E-state index in [9.17, 15) is 14.6 Å². The zero-order valence-corrected chi connectivity index (χ0v) is 16.7. The van der Waals surface area contributed by atoms with Gasteiger partial charge in [0.25, 0.3) is 0 Å². The molecule has 7 heteroatoms. The molecule has 5 nitrogen and oxygen atoms in total. The molecule has 0 unspecified atom stereocenters. The summed E-state index contributed by atoms with van der Waals surface area (Å²) in [6, 6.07) is 12.0. The number of aliphatic hydroxyl groups excluding tert-OH is 3. The first kappa shape index (κ1) is 22.4. The van der Waals surface area contributed by atoms with Crippen LogP contribution in [-0.4, -0.2) is 53.2 Å². The second-order valence-electron chi connectivity index (χ2n) is 7.06.